The van der Waals surface area contributed by atoms with Crippen molar-refractivity contribution in [3.05, 3.63) is 0 Å². The summed E-state index contributed by atoms with van der Waals surface area (Å²) in [5.74, 6) is 1.87. The van der Waals surface area contributed by atoms with Gasteiger partial charge in [-0.15, -0.1) is 0 Å². The molecule has 4 heteroatoms. The van der Waals surface area contributed by atoms with Crippen LogP contribution in [0.4, 0.5) is 0 Å². The lowest BCUT2D eigenvalue weighted by Crippen LogP contribution is -2.24. The van der Waals surface area contributed by atoms with Gasteiger partial charge < -0.3 is 20.4 Å². The van der Waals surface area contributed by atoms with Crippen LogP contribution in [0, 0.1) is 11.8 Å². The van der Waals surface area contributed by atoms with Crippen molar-refractivity contribution >= 4 is 0 Å². The predicted molar refractivity (Wildman–Crippen MR) is 102 cm³/mol. The molecule has 1 aliphatic carbocycles. The van der Waals surface area contributed by atoms with E-state index < -0.39 is 0 Å². The average molecular weight is 327 g/mol. The molecular weight excluding hydrogens is 284 g/mol. The zero-order chi connectivity index (χ0) is 16.9. The van der Waals surface area contributed by atoms with Gasteiger partial charge in [-0.05, 0) is 110 Å². The Balaban J connectivity index is 1.79. The molecule has 0 aliphatic heterocycles. The molecule has 0 radical (unpaired) electrons. The molecule has 138 valence electrons. The van der Waals surface area contributed by atoms with Crippen LogP contribution in [0.3, 0.4) is 0 Å². The summed E-state index contributed by atoms with van der Waals surface area (Å²) in [6.07, 6.45) is 6.69. The zero-order valence-electron chi connectivity index (χ0n) is 16.2. The second kappa shape index (κ2) is 13.2. The predicted octanol–water partition coefficient (Wildman–Crippen LogP) is 2.27. The van der Waals surface area contributed by atoms with Gasteiger partial charge in [0.15, 0.2) is 0 Å². The summed E-state index contributed by atoms with van der Waals surface area (Å²) in [6, 6.07) is 0. The van der Waals surface area contributed by atoms with Gasteiger partial charge >= 0.3 is 0 Å². The maximum Gasteiger partial charge on any atom is -0.00173 e. The van der Waals surface area contributed by atoms with Crippen molar-refractivity contribution in [2.75, 3.05) is 66.5 Å². The number of nitrogens with one attached hydrogen (secondary N) is 2. The Morgan fingerprint density at radius 1 is 0.739 bits per heavy atom. The first-order chi connectivity index (χ1) is 11.2. The van der Waals surface area contributed by atoms with Gasteiger partial charge in [-0.3, -0.25) is 0 Å². The molecule has 0 aromatic rings. The Hall–Kier alpha value is -0.160. The summed E-state index contributed by atoms with van der Waals surface area (Å²) in [7, 11) is 4.41. The normalized spacial score (nSPS) is 20.6. The monoisotopic (exact) mass is 326 g/mol. The molecule has 0 heterocycles. The first-order valence-corrected chi connectivity index (χ1v) is 9.95. The molecule has 0 bridgehead atoms. The third-order valence-electron chi connectivity index (χ3n) is 5.25. The molecule has 0 saturated heterocycles. The van der Waals surface area contributed by atoms with E-state index in [4.69, 9.17) is 0 Å². The molecule has 0 aromatic heterocycles. The lowest BCUT2D eigenvalue weighted by molar-refractivity contribution is 0.341. The number of unbranched alkanes of at least 4 members (excludes halogenated alkanes) is 2. The third-order valence-corrected chi connectivity index (χ3v) is 5.25. The smallest absolute Gasteiger partial charge is 0.00173 e. The van der Waals surface area contributed by atoms with Crippen molar-refractivity contribution in [2.24, 2.45) is 11.8 Å². The van der Waals surface area contributed by atoms with Crippen molar-refractivity contribution in [1.82, 2.24) is 20.4 Å². The molecule has 2 unspecified atom stereocenters. The molecule has 2 atom stereocenters. The van der Waals surface area contributed by atoms with E-state index >= 15 is 0 Å². The fourth-order valence-corrected chi connectivity index (χ4v) is 2.96. The van der Waals surface area contributed by atoms with Crippen molar-refractivity contribution in [3.63, 3.8) is 0 Å². The van der Waals surface area contributed by atoms with Gasteiger partial charge in [-0.1, -0.05) is 13.8 Å². The van der Waals surface area contributed by atoms with Crippen LogP contribution >= 0.6 is 0 Å². The molecule has 1 saturated carbocycles. The van der Waals surface area contributed by atoms with E-state index in [1.54, 1.807) is 0 Å². The van der Waals surface area contributed by atoms with E-state index in [1.807, 2.05) is 0 Å². The first-order valence-electron chi connectivity index (χ1n) is 9.95. The Bertz CT molecular complexity index is 246. The minimum absolute atomic E-state index is 0.937. The Morgan fingerprint density at radius 3 is 1.57 bits per heavy atom. The van der Waals surface area contributed by atoms with Crippen LogP contribution in [0.2, 0.25) is 0 Å². The maximum atomic E-state index is 3.65. The standard InChI is InChI=1S/C19H42N4/c1-5-22(3)13-9-7-11-20-16-18-15-19(18)17-21-12-8-10-14-23(4)6-2/h18-21H,5-17H2,1-4H3. The third kappa shape index (κ3) is 11.1. The molecule has 1 rings (SSSR count). The quantitative estimate of drug-likeness (QED) is 0.426. The summed E-state index contributed by atoms with van der Waals surface area (Å²) >= 11 is 0. The SMILES string of the molecule is CCN(C)CCCCNCC1CC1CNCCCCN(C)CC. The van der Waals surface area contributed by atoms with Crippen LogP contribution in [0.25, 0.3) is 0 Å². The van der Waals surface area contributed by atoms with Crippen molar-refractivity contribution < 1.29 is 0 Å². The summed E-state index contributed by atoms with van der Waals surface area (Å²) in [6.45, 7) is 14.1. The van der Waals surface area contributed by atoms with Gasteiger partial charge in [0.1, 0.15) is 0 Å². The number of hydrogen-bond acceptors (Lipinski definition) is 4. The lowest BCUT2D eigenvalue weighted by atomic mass is 10.2. The highest BCUT2D eigenvalue weighted by molar-refractivity contribution is 4.89. The van der Waals surface area contributed by atoms with Gasteiger partial charge in [0.2, 0.25) is 0 Å². The largest absolute Gasteiger partial charge is 0.316 e. The van der Waals surface area contributed by atoms with Crippen LogP contribution in [0.5, 0.6) is 0 Å². The Labute approximate surface area is 145 Å². The molecule has 1 aliphatic rings. The maximum absolute atomic E-state index is 3.65. The van der Waals surface area contributed by atoms with Crippen LogP contribution in [-0.4, -0.2) is 76.3 Å². The van der Waals surface area contributed by atoms with Crippen LogP contribution in [-0.2, 0) is 0 Å². The summed E-state index contributed by atoms with van der Waals surface area (Å²) in [5, 5.41) is 7.29. The van der Waals surface area contributed by atoms with E-state index in [1.165, 1.54) is 84.5 Å². The van der Waals surface area contributed by atoms with Crippen molar-refractivity contribution in [3.8, 4) is 0 Å². The minimum atomic E-state index is 0.937. The van der Waals surface area contributed by atoms with Gasteiger partial charge in [0, 0.05) is 0 Å². The highest BCUT2D eigenvalue weighted by Gasteiger charge is 2.35. The van der Waals surface area contributed by atoms with Crippen molar-refractivity contribution in [2.45, 2.75) is 46.0 Å². The van der Waals surface area contributed by atoms with Gasteiger partial charge in [0.05, 0.1) is 0 Å². The highest BCUT2D eigenvalue weighted by Crippen LogP contribution is 2.36. The Morgan fingerprint density at radius 2 is 1.17 bits per heavy atom. The fourth-order valence-electron chi connectivity index (χ4n) is 2.96. The summed E-state index contributed by atoms with van der Waals surface area (Å²) in [4.78, 5) is 4.78. The molecule has 0 aromatic carbocycles. The molecule has 2 N–H and O–H groups in total. The van der Waals surface area contributed by atoms with E-state index in [9.17, 15) is 0 Å². The van der Waals surface area contributed by atoms with E-state index in [-0.39, 0.29) is 0 Å². The van der Waals surface area contributed by atoms with E-state index in [0.717, 1.165) is 11.8 Å². The minimum Gasteiger partial charge on any atom is -0.316 e. The molecule has 4 nitrogen and oxygen atoms in total. The average Bonchev–Trinajstić information content (AvgIpc) is 3.31. The Kier molecular flexibility index (Phi) is 12.0. The van der Waals surface area contributed by atoms with E-state index in [2.05, 4.69) is 48.4 Å². The van der Waals surface area contributed by atoms with Crippen molar-refractivity contribution in [1.29, 1.82) is 0 Å². The van der Waals surface area contributed by atoms with Gasteiger partial charge in [-0.25, -0.2) is 0 Å². The second-order valence-corrected chi connectivity index (χ2v) is 7.37. The summed E-state index contributed by atoms with van der Waals surface area (Å²) < 4.78 is 0. The summed E-state index contributed by atoms with van der Waals surface area (Å²) in [5.41, 5.74) is 0. The molecule has 0 spiro atoms. The fraction of sp³-hybridized carbons (Fsp3) is 1.00. The lowest BCUT2D eigenvalue weighted by Gasteiger charge is -2.13. The molecule has 1 fully saturated rings. The zero-order valence-corrected chi connectivity index (χ0v) is 16.2. The second-order valence-electron chi connectivity index (χ2n) is 7.37. The van der Waals surface area contributed by atoms with Crippen LogP contribution in [0.15, 0.2) is 0 Å². The van der Waals surface area contributed by atoms with Crippen LogP contribution in [0.1, 0.15) is 46.0 Å². The topological polar surface area (TPSA) is 30.5 Å². The molecule has 23 heavy (non-hydrogen) atoms. The number of nitrogens with zero attached hydrogens (tertiary/aromatic N) is 2. The number of rotatable bonds is 16. The number of hydrogen-bond donors (Lipinski definition) is 2. The molecule has 0 amide bonds. The van der Waals surface area contributed by atoms with Crippen LogP contribution < -0.4 is 10.6 Å². The molecular formula is C19H42N4. The first kappa shape index (κ1) is 20.9. The highest BCUT2D eigenvalue weighted by atomic mass is 15.1. The van der Waals surface area contributed by atoms with E-state index in [0.29, 0.717) is 0 Å². The van der Waals surface area contributed by atoms with Gasteiger partial charge in [-0.2, -0.15) is 0 Å². The van der Waals surface area contributed by atoms with Gasteiger partial charge in [0.25, 0.3) is 0 Å².